The van der Waals surface area contributed by atoms with Crippen LogP contribution in [-0.2, 0) is 33.3 Å². The van der Waals surface area contributed by atoms with Crippen LogP contribution < -0.4 is 10.6 Å². The van der Waals surface area contributed by atoms with Gasteiger partial charge in [-0.05, 0) is 20.8 Å². The number of carboxylic acids is 1. The van der Waals surface area contributed by atoms with E-state index in [2.05, 4.69) is 15.4 Å². The Morgan fingerprint density at radius 1 is 0.846 bits per heavy atom. The minimum absolute atomic E-state index is 0.00855. The molecule has 0 radical (unpaired) electrons. The molecule has 0 bridgehead atoms. The minimum Gasteiger partial charge on any atom is -0.480 e. The first kappa shape index (κ1) is 24.1. The molecule has 0 aliphatic heterocycles. The molecular formula is C15H28N2O9. The third-order valence-electron chi connectivity index (χ3n) is 2.28. The van der Waals surface area contributed by atoms with Crippen molar-refractivity contribution in [3.63, 3.8) is 0 Å². The maximum absolute atomic E-state index is 11.3. The summed E-state index contributed by atoms with van der Waals surface area (Å²) in [5.41, 5.74) is -0.545. The lowest BCUT2D eigenvalue weighted by atomic mass is 10.2. The molecule has 11 heteroatoms. The van der Waals surface area contributed by atoms with Crippen molar-refractivity contribution in [2.75, 3.05) is 53.1 Å². The van der Waals surface area contributed by atoms with Crippen molar-refractivity contribution in [1.82, 2.24) is 10.6 Å². The molecule has 0 aromatic heterocycles. The fourth-order valence-electron chi connectivity index (χ4n) is 1.35. The van der Waals surface area contributed by atoms with Crippen LogP contribution in [0.3, 0.4) is 0 Å². The summed E-state index contributed by atoms with van der Waals surface area (Å²) in [6.45, 7) is 5.43. The predicted octanol–water partition coefficient (Wildman–Crippen LogP) is -0.307. The van der Waals surface area contributed by atoms with E-state index in [1.165, 1.54) is 0 Å². The van der Waals surface area contributed by atoms with Crippen LogP contribution in [0.4, 0.5) is 4.79 Å². The van der Waals surface area contributed by atoms with Crippen LogP contribution in [0.1, 0.15) is 20.8 Å². The molecule has 0 spiro atoms. The van der Waals surface area contributed by atoms with Gasteiger partial charge in [-0.25, -0.2) is 9.59 Å². The number of nitrogens with one attached hydrogen (secondary N) is 2. The third kappa shape index (κ3) is 18.4. The van der Waals surface area contributed by atoms with E-state index in [4.69, 9.17) is 24.1 Å². The van der Waals surface area contributed by atoms with Crippen molar-refractivity contribution in [2.45, 2.75) is 26.4 Å². The van der Waals surface area contributed by atoms with Gasteiger partial charge in [-0.15, -0.1) is 0 Å². The van der Waals surface area contributed by atoms with Crippen LogP contribution in [0.2, 0.25) is 0 Å². The summed E-state index contributed by atoms with van der Waals surface area (Å²) in [5, 5.41) is 13.3. The minimum atomic E-state index is -1.14. The normalized spacial score (nSPS) is 11.0. The smallest absolute Gasteiger partial charge is 0.407 e. The molecule has 0 aliphatic rings. The monoisotopic (exact) mass is 380 g/mol. The Hall–Kier alpha value is -1.95. The van der Waals surface area contributed by atoms with Crippen molar-refractivity contribution in [3.8, 4) is 0 Å². The number of carbonyl (C=O) groups is 3. The molecule has 0 aromatic rings. The number of aliphatic carboxylic acids is 1. The number of ether oxygens (including phenoxy) is 5. The molecule has 0 aliphatic carbocycles. The molecule has 0 unspecified atom stereocenters. The summed E-state index contributed by atoms with van der Waals surface area (Å²) in [4.78, 5) is 32.7. The van der Waals surface area contributed by atoms with Gasteiger partial charge in [-0.3, -0.25) is 4.79 Å². The highest BCUT2D eigenvalue weighted by molar-refractivity contribution is 5.77. The van der Waals surface area contributed by atoms with Crippen LogP contribution in [0.25, 0.3) is 0 Å². The van der Waals surface area contributed by atoms with Gasteiger partial charge in [0.05, 0.1) is 13.2 Å². The quantitative estimate of drug-likeness (QED) is 0.273. The second kappa shape index (κ2) is 14.2. The van der Waals surface area contributed by atoms with E-state index in [-0.39, 0.29) is 46.5 Å². The highest BCUT2D eigenvalue weighted by Crippen LogP contribution is 2.05. The summed E-state index contributed by atoms with van der Waals surface area (Å²) < 4.78 is 24.9. The van der Waals surface area contributed by atoms with E-state index in [9.17, 15) is 14.4 Å². The molecule has 0 aromatic carbocycles. The van der Waals surface area contributed by atoms with Gasteiger partial charge in [0.2, 0.25) is 5.91 Å². The molecule has 0 saturated heterocycles. The van der Waals surface area contributed by atoms with E-state index in [0.29, 0.717) is 0 Å². The van der Waals surface area contributed by atoms with Gasteiger partial charge in [0, 0.05) is 13.1 Å². The van der Waals surface area contributed by atoms with Crippen LogP contribution in [0.5, 0.6) is 0 Å². The number of alkyl carbamates (subject to hydrolysis) is 1. The van der Waals surface area contributed by atoms with E-state index >= 15 is 0 Å². The van der Waals surface area contributed by atoms with E-state index < -0.39 is 30.2 Å². The van der Waals surface area contributed by atoms with Gasteiger partial charge in [-0.2, -0.15) is 0 Å². The summed E-state index contributed by atoms with van der Waals surface area (Å²) in [6.07, 6.45) is -0.513. The number of carbonyl (C=O) groups excluding carboxylic acids is 2. The summed E-state index contributed by atoms with van der Waals surface area (Å²) >= 11 is 0. The Bertz CT molecular complexity index is 424. The average Bonchev–Trinajstić information content (AvgIpc) is 2.50. The van der Waals surface area contributed by atoms with Crippen molar-refractivity contribution in [3.05, 3.63) is 0 Å². The molecule has 0 fully saturated rings. The van der Waals surface area contributed by atoms with Crippen molar-refractivity contribution >= 4 is 18.0 Å². The fraction of sp³-hybridized carbons (Fsp3) is 0.800. The van der Waals surface area contributed by atoms with Gasteiger partial charge in [-0.1, -0.05) is 0 Å². The van der Waals surface area contributed by atoms with Crippen LogP contribution in [-0.4, -0.2) is 81.8 Å². The Morgan fingerprint density at radius 3 is 1.96 bits per heavy atom. The third-order valence-corrected chi connectivity index (χ3v) is 2.28. The largest absolute Gasteiger partial charge is 0.480 e. The fourth-order valence-corrected chi connectivity index (χ4v) is 1.35. The molecule has 152 valence electrons. The molecule has 2 amide bonds. The highest BCUT2D eigenvalue weighted by Gasteiger charge is 2.15. The molecule has 26 heavy (non-hydrogen) atoms. The topological polar surface area (TPSA) is 142 Å². The summed E-state index contributed by atoms with van der Waals surface area (Å²) in [5.74, 6) is -1.57. The molecular weight excluding hydrogens is 352 g/mol. The maximum Gasteiger partial charge on any atom is 0.407 e. The first-order valence-electron chi connectivity index (χ1n) is 7.97. The van der Waals surface area contributed by atoms with E-state index in [0.717, 1.165) is 0 Å². The number of rotatable bonds is 14. The molecule has 0 heterocycles. The standard InChI is InChI=1S/C15H28N2O9/c1-15(2,3)26-14(21)17-5-7-23-11-25-10-22-6-4-16-12(18)8-24-9-13(19)20/h4-11H2,1-3H3,(H,16,18)(H,17,21)(H,19,20). The second-order valence-electron chi connectivity index (χ2n) is 5.92. The van der Waals surface area contributed by atoms with Crippen molar-refractivity contribution in [1.29, 1.82) is 0 Å². The Kier molecular flexibility index (Phi) is 13.2. The van der Waals surface area contributed by atoms with Gasteiger partial charge >= 0.3 is 12.1 Å². The van der Waals surface area contributed by atoms with Crippen LogP contribution in [0, 0.1) is 0 Å². The SMILES string of the molecule is CC(C)(C)OC(=O)NCCOCOCOCCNC(=O)COCC(=O)O. The predicted molar refractivity (Wildman–Crippen MR) is 88.4 cm³/mol. The lowest BCUT2D eigenvalue weighted by Gasteiger charge is -2.19. The Balaban J connectivity index is 3.30. The first-order valence-corrected chi connectivity index (χ1v) is 7.97. The van der Waals surface area contributed by atoms with E-state index in [1.54, 1.807) is 20.8 Å². The first-order chi connectivity index (χ1) is 12.2. The molecule has 3 N–H and O–H groups in total. The van der Waals surface area contributed by atoms with Crippen LogP contribution >= 0.6 is 0 Å². The highest BCUT2D eigenvalue weighted by atomic mass is 16.7. The Labute approximate surface area is 152 Å². The zero-order valence-corrected chi connectivity index (χ0v) is 15.4. The van der Waals surface area contributed by atoms with Gasteiger partial charge in [0.15, 0.2) is 0 Å². The second-order valence-corrected chi connectivity index (χ2v) is 5.92. The number of hydrogen-bond donors (Lipinski definition) is 3. The zero-order valence-electron chi connectivity index (χ0n) is 15.4. The van der Waals surface area contributed by atoms with Crippen molar-refractivity contribution < 1.29 is 43.2 Å². The van der Waals surface area contributed by atoms with Gasteiger partial charge in [0.25, 0.3) is 0 Å². The van der Waals surface area contributed by atoms with Crippen LogP contribution in [0.15, 0.2) is 0 Å². The summed E-state index contributed by atoms with van der Waals surface area (Å²) in [7, 11) is 0. The van der Waals surface area contributed by atoms with Gasteiger partial charge in [0.1, 0.15) is 32.4 Å². The van der Waals surface area contributed by atoms with E-state index in [1.807, 2.05) is 0 Å². The zero-order chi connectivity index (χ0) is 19.8. The molecule has 11 nitrogen and oxygen atoms in total. The van der Waals surface area contributed by atoms with Crippen molar-refractivity contribution in [2.24, 2.45) is 0 Å². The molecule has 0 rings (SSSR count). The average molecular weight is 380 g/mol. The summed E-state index contributed by atoms with van der Waals surface area (Å²) in [6, 6.07) is 0. The molecule has 0 saturated carbocycles. The lowest BCUT2D eigenvalue weighted by Crippen LogP contribution is -2.34. The maximum atomic E-state index is 11.3. The Morgan fingerprint density at radius 2 is 1.42 bits per heavy atom. The van der Waals surface area contributed by atoms with Gasteiger partial charge < -0.3 is 39.4 Å². The number of carboxylic acid groups (broad SMARTS) is 1. The number of hydrogen-bond acceptors (Lipinski definition) is 8. The lowest BCUT2D eigenvalue weighted by molar-refractivity contribution is -0.144. The molecule has 0 atom stereocenters. The number of amides is 2.